The molecule has 10 heteroatoms. The lowest BCUT2D eigenvalue weighted by Crippen LogP contribution is -2.39. The van der Waals surface area contributed by atoms with Crippen molar-refractivity contribution in [3.8, 4) is 0 Å². The minimum Gasteiger partial charge on any atom is -0.320 e. The Kier molecular flexibility index (Phi) is 5.43. The van der Waals surface area contributed by atoms with Gasteiger partial charge in [-0.05, 0) is 12.1 Å². The third-order valence-corrected chi connectivity index (χ3v) is 4.29. The minimum atomic E-state index is -0.833. The zero-order chi connectivity index (χ0) is 19.4. The molecule has 0 spiro atoms. The molecule has 0 aliphatic carbocycles. The number of nitro groups is 1. The molecule has 0 unspecified atom stereocenters. The van der Waals surface area contributed by atoms with Crippen LogP contribution >= 0.6 is 0 Å². The summed E-state index contributed by atoms with van der Waals surface area (Å²) in [6, 6.07) is 5.55. The van der Waals surface area contributed by atoms with Gasteiger partial charge in [-0.3, -0.25) is 15.0 Å². The zero-order valence-electron chi connectivity index (χ0n) is 14.3. The van der Waals surface area contributed by atoms with E-state index < -0.39 is 22.6 Å². The number of aromatic amines is 1. The van der Waals surface area contributed by atoms with Crippen LogP contribution in [0.1, 0.15) is 6.42 Å². The molecule has 1 aliphatic heterocycles. The van der Waals surface area contributed by atoms with Crippen LogP contribution in [0.25, 0.3) is 0 Å². The number of aromatic nitrogens is 1. The Labute approximate surface area is 153 Å². The van der Waals surface area contributed by atoms with E-state index in [1.54, 1.807) is 11.0 Å². The van der Waals surface area contributed by atoms with Crippen molar-refractivity contribution in [2.75, 3.05) is 36.4 Å². The van der Waals surface area contributed by atoms with Gasteiger partial charge >= 0.3 is 11.7 Å². The summed E-state index contributed by atoms with van der Waals surface area (Å²) in [6.07, 6.45) is 1.99. The Morgan fingerprint density at radius 1 is 1.15 bits per heavy atom. The fourth-order valence-electron chi connectivity index (χ4n) is 2.87. The van der Waals surface area contributed by atoms with Gasteiger partial charge in [0.15, 0.2) is 6.20 Å². The predicted octanol–water partition coefficient (Wildman–Crippen LogP) is 2.43. The van der Waals surface area contributed by atoms with Crippen LogP contribution in [0.15, 0.2) is 36.5 Å². The minimum absolute atomic E-state index is 0.0316. The molecule has 1 aromatic carbocycles. The van der Waals surface area contributed by atoms with Gasteiger partial charge in [0.25, 0.3) is 5.82 Å². The van der Waals surface area contributed by atoms with Crippen molar-refractivity contribution in [2.24, 2.45) is 0 Å². The molecule has 0 atom stereocenters. The van der Waals surface area contributed by atoms with Gasteiger partial charge in [-0.25, -0.2) is 18.6 Å². The molecule has 1 fully saturated rings. The predicted molar refractivity (Wildman–Crippen MR) is 93.4 cm³/mol. The second-order valence-corrected chi connectivity index (χ2v) is 6.07. The van der Waals surface area contributed by atoms with E-state index in [4.69, 9.17) is 0 Å². The number of nitrogens with one attached hydrogen (secondary N) is 2. The highest BCUT2D eigenvalue weighted by atomic mass is 19.1. The third-order valence-electron chi connectivity index (χ3n) is 4.29. The highest BCUT2D eigenvalue weighted by molar-refractivity contribution is 5.89. The van der Waals surface area contributed by atoms with E-state index in [1.807, 2.05) is 4.90 Å². The number of nitrogens with zero attached hydrogens (tertiary/aromatic N) is 3. The third kappa shape index (κ3) is 4.46. The van der Waals surface area contributed by atoms with Crippen LogP contribution in [0.5, 0.6) is 0 Å². The Bertz CT molecular complexity index is 847. The van der Waals surface area contributed by atoms with Gasteiger partial charge in [0.2, 0.25) is 0 Å². The lowest BCUT2D eigenvalue weighted by molar-refractivity contribution is -0.414. The van der Waals surface area contributed by atoms with Crippen LogP contribution in [0.4, 0.5) is 30.8 Å². The molecule has 1 saturated heterocycles. The number of H-pyrrole nitrogens is 1. The van der Waals surface area contributed by atoms with Crippen molar-refractivity contribution in [3.63, 3.8) is 0 Å². The van der Waals surface area contributed by atoms with Gasteiger partial charge in [0.1, 0.15) is 18.2 Å². The van der Waals surface area contributed by atoms with Crippen LogP contribution in [0.3, 0.4) is 0 Å². The Hall–Kier alpha value is -3.30. The summed E-state index contributed by atoms with van der Waals surface area (Å²) in [4.78, 5) is 29.0. The van der Waals surface area contributed by atoms with Gasteiger partial charge in [-0.15, -0.1) is 0 Å². The zero-order valence-corrected chi connectivity index (χ0v) is 14.3. The number of amides is 2. The number of rotatable bonds is 3. The van der Waals surface area contributed by atoms with E-state index in [1.165, 1.54) is 18.3 Å². The maximum atomic E-state index is 13.7. The number of benzene rings is 1. The van der Waals surface area contributed by atoms with E-state index in [0.717, 1.165) is 6.07 Å². The fraction of sp³-hybridized carbons (Fsp3) is 0.294. The van der Waals surface area contributed by atoms with E-state index in [2.05, 4.69) is 10.3 Å². The standard InChI is InChI=1S/C17H17F2N5O3/c18-12-2-4-15(14(19)10-12)21-17(25)23-7-1-6-22(8-9-23)16-5-3-13(11-20-16)24(26)27/h2-5,10-11H,1,6-9H2,(H,21,25)/p+1. The number of carbonyl (C=O) groups is 1. The number of urea groups is 1. The van der Waals surface area contributed by atoms with Crippen LogP contribution in [-0.2, 0) is 0 Å². The largest absolute Gasteiger partial charge is 0.322 e. The first-order chi connectivity index (χ1) is 12.9. The molecule has 0 radical (unpaired) electrons. The average Bonchev–Trinajstić information content (AvgIpc) is 2.90. The maximum Gasteiger partial charge on any atom is 0.322 e. The molecule has 3 rings (SSSR count). The Morgan fingerprint density at radius 3 is 2.63 bits per heavy atom. The number of carbonyl (C=O) groups excluding carboxylic acids is 1. The maximum absolute atomic E-state index is 13.7. The molecular formula is C17H18F2N5O3+. The summed E-state index contributed by atoms with van der Waals surface area (Å²) in [5.41, 5.74) is -0.109. The molecule has 2 heterocycles. The Morgan fingerprint density at radius 2 is 1.96 bits per heavy atom. The second-order valence-electron chi connectivity index (χ2n) is 6.07. The van der Waals surface area contributed by atoms with Gasteiger partial charge in [0, 0.05) is 31.2 Å². The molecule has 2 aromatic rings. The van der Waals surface area contributed by atoms with Crippen molar-refractivity contribution in [3.05, 3.63) is 58.3 Å². The topological polar surface area (TPSA) is 92.9 Å². The van der Waals surface area contributed by atoms with Crippen molar-refractivity contribution in [1.82, 2.24) is 4.90 Å². The summed E-state index contributed by atoms with van der Waals surface area (Å²) in [7, 11) is 0. The van der Waals surface area contributed by atoms with E-state index in [0.29, 0.717) is 44.5 Å². The number of halogens is 2. The van der Waals surface area contributed by atoms with Crippen LogP contribution in [0.2, 0.25) is 0 Å². The highest BCUT2D eigenvalue weighted by Crippen LogP contribution is 2.17. The highest BCUT2D eigenvalue weighted by Gasteiger charge is 2.25. The quantitative estimate of drug-likeness (QED) is 0.656. The Balaban J connectivity index is 1.62. The summed E-state index contributed by atoms with van der Waals surface area (Å²) in [5.74, 6) is -0.831. The van der Waals surface area contributed by atoms with Crippen LogP contribution in [-0.4, -0.2) is 42.0 Å². The van der Waals surface area contributed by atoms with E-state index in [-0.39, 0.29) is 11.4 Å². The van der Waals surface area contributed by atoms with Gasteiger partial charge < -0.3 is 10.2 Å². The van der Waals surface area contributed by atoms with Gasteiger partial charge in [-0.1, -0.05) is 0 Å². The molecule has 0 saturated carbocycles. The van der Waals surface area contributed by atoms with Crippen LogP contribution in [0, 0.1) is 21.7 Å². The fourth-order valence-corrected chi connectivity index (χ4v) is 2.87. The molecule has 2 amide bonds. The lowest BCUT2D eigenvalue weighted by atomic mass is 10.3. The van der Waals surface area contributed by atoms with Crippen molar-refractivity contribution in [1.29, 1.82) is 0 Å². The molecular weight excluding hydrogens is 360 g/mol. The van der Waals surface area contributed by atoms with E-state index >= 15 is 0 Å². The molecule has 27 heavy (non-hydrogen) atoms. The molecule has 8 nitrogen and oxygen atoms in total. The molecule has 1 aliphatic rings. The lowest BCUT2D eigenvalue weighted by Gasteiger charge is -2.20. The number of anilines is 2. The van der Waals surface area contributed by atoms with Crippen molar-refractivity contribution < 1.29 is 23.5 Å². The SMILES string of the molecule is O=C(Nc1ccc(F)cc1F)N1CCCN(c2ccc([N+](=O)[O-])c[nH+]2)CC1. The number of pyridine rings is 1. The number of hydrogen-bond acceptors (Lipinski definition) is 4. The first-order valence-corrected chi connectivity index (χ1v) is 8.36. The first kappa shape index (κ1) is 18.5. The first-order valence-electron chi connectivity index (χ1n) is 8.36. The van der Waals surface area contributed by atoms with Gasteiger partial charge in [-0.2, -0.15) is 0 Å². The van der Waals surface area contributed by atoms with Crippen molar-refractivity contribution >= 4 is 23.2 Å². The monoisotopic (exact) mass is 378 g/mol. The molecule has 142 valence electrons. The summed E-state index contributed by atoms with van der Waals surface area (Å²) >= 11 is 0. The summed E-state index contributed by atoms with van der Waals surface area (Å²) in [5, 5.41) is 13.2. The molecule has 2 N–H and O–H groups in total. The smallest absolute Gasteiger partial charge is 0.320 e. The molecule has 0 bridgehead atoms. The average molecular weight is 378 g/mol. The molecule has 1 aromatic heterocycles. The summed E-state index contributed by atoms with van der Waals surface area (Å²) in [6.45, 7) is 2.02. The second kappa shape index (κ2) is 7.94. The van der Waals surface area contributed by atoms with E-state index in [9.17, 15) is 23.7 Å². The summed E-state index contributed by atoms with van der Waals surface area (Å²) < 4.78 is 26.7. The number of hydrogen-bond donors (Lipinski definition) is 1. The van der Waals surface area contributed by atoms with Gasteiger partial charge in [0.05, 0.1) is 23.7 Å². The normalized spacial score (nSPS) is 14.6. The van der Waals surface area contributed by atoms with Crippen molar-refractivity contribution in [2.45, 2.75) is 6.42 Å². The van der Waals surface area contributed by atoms with Crippen LogP contribution < -0.4 is 15.2 Å².